The van der Waals surface area contributed by atoms with E-state index in [0.29, 0.717) is 10.6 Å². The van der Waals surface area contributed by atoms with Gasteiger partial charge in [-0.05, 0) is 37.7 Å². The third kappa shape index (κ3) is 4.62. The van der Waals surface area contributed by atoms with Crippen LogP contribution in [-0.4, -0.2) is 42.1 Å². The van der Waals surface area contributed by atoms with E-state index in [4.69, 9.17) is 9.84 Å². The molecule has 1 aromatic heterocycles. The van der Waals surface area contributed by atoms with E-state index in [1.165, 1.54) is 17.8 Å². The van der Waals surface area contributed by atoms with Crippen LogP contribution in [0.25, 0.3) is 0 Å². The topological polar surface area (TPSA) is 105 Å². The molecule has 0 spiro atoms. The van der Waals surface area contributed by atoms with Crippen LogP contribution in [0.3, 0.4) is 0 Å². The first kappa shape index (κ1) is 18.8. The average molecular weight is 380 g/mol. The molecule has 2 aliphatic carbocycles. The second-order valence-electron chi connectivity index (χ2n) is 6.80. The first-order valence-electron chi connectivity index (χ1n) is 9.09. The quantitative estimate of drug-likeness (QED) is 0.673. The number of thiophene rings is 1. The fraction of sp³-hybridized carbons (Fsp3) is 0.611. The zero-order valence-corrected chi connectivity index (χ0v) is 15.5. The minimum atomic E-state index is -1.12. The van der Waals surface area contributed by atoms with Gasteiger partial charge in [0.2, 0.25) is 0 Å². The van der Waals surface area contributed by atoms with Crippen molar-refractivity contribution >= 4 is 34.1 Å². The van der Waals surface area contributed by atoms with E-state index in [2.05, 4.69) is 10.6 Å². The first-order chi connectivity index (χ1) is 12.5. The molecule has 1 heterocycles. The molecule has 3 rings (SSSR count). The van der Waals surface area contributed by atoms with Gasteiger partial charge < -0.3 is 20.5 Å². The van der Waals surface area contributed by atoms with E-state index in [0.717, 1.165) is 55.4 Å². The van der Waals surface area contributed by atoms with Gasteiger partial charge >= 0.3 is 5.97 Å². The number of aliphatic carboxylic acids is 1. The molecule has 0 aliphatic heterocycles. The van der Waals surface area contributed by atoms with Crippen molar-refractivity contribution < 1.29 is 24.2 Å². The van der Waals surface area contributed by atoms with E-state index in [1.54, 1.807) is 0 Å². The molecule has 8 heteroatoms. The number of ether oxygens (including phenoxy) is 1. The zero-order valence-electron chi connectivity index (χ0n) is 14.6. The molecule has 26 heavy (non-hydrogen) atoms. The molecule has 0 radical (unpaired) electrons. The molecule has 142 valence electrons. The Bertz CT molecular complexity index is 694. The summed E-state index contributed by atoms with van der Waals surface area (Å²) in [6, 6.07) is 0.204. The molecular formula is C18H24N2O5S. The van der Waals surface area contributed by atoms with Gasteiger partial charge in [0, 0.05) is 10.9 Å². The summed E-state index contributed by atoms with van der Waals surface area (Å²) in [5.41, 5.74) is 1.63. The Labute approximate surface area is 156 Å². The van der Waals surface area contributed by atoms with E-state index in [1.807, 2.05) is 0 Å². The SMILES string of the molecule is O=C(O)COCC(=O)Nc1sc2c(c1C(=O)NC1CCCCC1)CCC2. The lowest BCUT2D eigenvalue weighted by Crippen LogP contribution is -2.36. The van der Waals surface area contributed by atoms with Crippen molar-refractivity contribution in [1.29, 1.82) is 0 Å². The third-order valence-electron chi connectivity index (χ3n) is 4.80. The molecular weight excluding hydrogens is 356 g/mol. The summed E-state index contributed by atoms with van der Waals surface area (Å²) < 4.78 is 4.82. The van der Waals surface area contributed by atoms with Crippen LogP contribution >= 0.6 is 11.3 Å². The second-order valence-corrected chi connectivity index (χ2v) is 7.91. The fourth-order valence-corrected chi connectivity index (χ4v) is 4.93. The van der Waals surface area contributed by atoms with Gasteiger partial charge in [-0.3, -0.25) is 9.59 Å². The molecule has 1 saturated carbocycles. The van der Waals surface area contributed by atoms with Gasteiger partial charge in [0.1, 0.15) is 18.2 Å². The fourth-order valence-electron chi connectivity index (χ4n) is 3.63. The number of anilines is 1. The van der Waals surface area contributed by atoms with E-state index < -0.39 is 18.5 Å². The van der Waals surface area contributed by atoms with Gasteiger partial charge in [-0.25, -0.2) is 4.79 Å². The molecule has 2 amide bonds. The highest BCUT2D eigenvalue weighted by Crippen LogP contribution is 2.39. The van der Waals surface area contributed by atoms with Crippen molar-refractivity contribution in [1.82, 2.24) is 5.32 Å². The molecule has 3 N–H and O–H groups in total. The van der Waals surface area contributed by atoms with E-state index in [-0.39, 0.29) is 18.6 Å². The monoisotopic (exact) mass is 380 g/mol. The van der Waals surface area contributed by atoms with Gasteiger partial charge in [-0.15, -0.1) is 11.3 Å². The van der Waals surface area contributed by atoms with Crippen LogP contribution in [0.2, 0.25) is 0 Å². The Morgan fingerprint density at radius 2 is 1.85 bits per heavy atom. The van der Waals surface area contributed by atoms with Crippen LogP contribution in [-0.2, 0) is 27.2 Å². The minimum absolute atomic E-state index is 0.113. The highest BCUT2D eigenvalue weighted by molar-refractivity contribution is 7.17. The van der Waals surface area contributed by atoms with Crippen molar-refractivity contribution in [2.45, 2.75) is 57.4 Å². The lowest BCUT2D eigenvalue weighted by molar-refractivity contribution is -0.143. The number of amides is 2. The highest BCUT2D eigenvalue weighted by atomic mass is 32.1. The minimum Gasteiger partial charge on any atom is -0.480 e. The first-order valence-corrected chi connectivity index (χ1v) is 9.91. The van der Waals surface area contributed by atoms with Crippen LogP contribution in [0.15, 0.2) is 0 Å². The second kappa shape index (κ2) is 8.64. The molecule has 0 bridgehead atoms. The summed E-state index contributed by atoms with van der Waals surface area (Å²) >= 11 is 1.44. The van der Waals surface area contributed by atoms with Crippen molar-refractivity contribution in [2.24, 2.45) is 0 Å². The molecule has 0 unspecified atom stereocenters. The van der Waals surface area contributed by atoms with E-state index >= 15 is 0 Å². The van der Waals surface area contributed by atoms with Gasteiger partial charge in [-0.1, -0.05) is 19.3 Å². The molecule has 1 fully saturated rings. The number of aryl methyl sites for hydroxylation is 1. The predicted molar refractivity (Wildman–Crippen MR) is 97.8 cm³/mol. The molecule has 0 aromatic carbocycles. The summed E-state index contributed by atoms with van der Waals surface area (Å²) in [6.07, 6.45) is 8.30. The smallest absolute Gasteiger partial charge is 0.329 e. The van der Waals surface area contributed by atoms with Gasteiger partial charge in [-0.2, -0.15) is 0 Å². The molecule has 0 saturated heterocycles. The number of hydrogen-bond acceptors (Lipinski definition) is 5. The summed E-state index contributed by atoms with van der Waals surface area (Å²) in [6.45, 7) is -0.873. The van der Waals surface area contributed by atoms with Crippen molar-refractivity contribution in [3.63, 3.8) is 0 Å². The van der Waals surface area contributed by atoms with Crippen molar-refractivity contribution in [3.8, 4) is 0 Å². The maximum atomic E-state index is 12.9. The van der Waals surface area contributed by atoms with Crippen molar-refractivity contribution in [2.75, 3.05) is 18.5 Å². The molecule has 7 nitrogen and oxygen atoms in total. The summed E-state index contributed by atoms with van der Waals surface area (Å²) in [5, 5.41) is 15.0. The number of carboxylic acids is 1. The summed E-state index contributed by atoms with van der Waals surface area (Å²) in [7, 11) is 0. The maximum Gasteiger partial charge on any atom is 0.329 e. The Morgan fingerprint density at radius 1 is 1.08 bits per heavy atom. The Balaban J connectivity index is 1.68. The Morgan fingerprint density at radius 3 is 2.58 bits per heavy atom. The Kier molecular flexibility index (Phi) is 6.26. The largest absolute Gasteiger partial charge is 0.480 e. The highest BCUT2D eigenvalue weighted by Gasteiger charge is 2.28. The summed E-state index contributed by atoms with van der Waals surface area (Å²) in [4.78, 5) is 36.5. The van der Waals surface area contributed by atoms with Crippen LogP contribution in [0.4, 0.5) is 5.00 Å². The van der Waals surface area contributed by atoms with Gasteiger partial charge in [0.05, 0.1) is 5.56 Å². The molecule has 2 aliphatic rings. The number of carbonyl (C=O) groups excluding carboxylic acids is 2. The molecule has 1 aromatic rings. The lowest BCUT2D eigenvalue weighted by atomic mass is 9.95. The standard InChI is InChI=1S/C18H24N2O5S/c21-14(9-25-10-15(22)23)20-18-16(12-7-4-8-13(12)26-18)17(24)19-11-5-2-1-3-6-11/h11H,1-10H2,(H,19,24)(H,20,21)(H,22,23). The maximum absolute atomic E-state index is 12.9. The normalized spacial score (nSPS) is 16.9. The summed E-state index contributed by atoms with van der Waals surface area (Å²) in [5.74, 6) is -1.68. The Hall–Kier alpha value is -1.93. The average Bonchev–Trinajstić information content (AvgIpc) is 3.15. The van der Waals surface area contributed by atoms with E-state index in [9.17, 15) is 14.4 Å². The van der Waals surface area contributed by atoms with Crippen LogP contribution in [0, 0.1) is 0 Å². The van der Waals surface area contributed by atoms with Gasteiger partial charge in [0.15, 0.2) is 0 Å². The van der Waals surface area contributed by atoms with Crippen molar-refractivity contribution in [3.05, 3.63) is 16.0 Å². The number of rotatable bonds is 7. The van der Waals surface area contributed by atoms with Crippen LogP contribution in [0.1, 0.15) is 59.3 Å². The third-order valence-corrected chi connectivity index (χ3v) is 6.01. The predicted octanol–water partition coefficient (Wildman–Crippen LogP) is 2.34. The number of carbonyl (C=O) groups is 3. The number of fused-ring (bicyclic) bond motifs is 1. The van der Waals surface area contributed by atoms with Crippen LogP contribution < -0.4 is 10.6 Å². The zero-order chi connectivity index (χ0) is 18.5. The molecule has 0 atom stereocenters. The van der Waals surface area contributed by atoms with Gasteiger partial charge in [0.25, 0.3) is 11.8 Å². The lowest BCUT2D eigenvalue weighted by Gasteiger charge is -2.23. The van der Waals surface area contributed by atoms with Crippen LogP contribution in [0.5, 0.6) is 0 Å². The number of nitrogens with one attached hydrogen (secondary N) is 2. The number of hydrogen-bond donors (Lipinski definition) is 3. The number of carboxylic acid groups (broad SMARTS) is 1.